The van der Waals surface area contributed by atoms with Gasteiger partial charge in [-0.25, -0.2) is 4.39 Å². The van der Waals surface area contributed by atoms with E-state index in [0.29, 0.717) is 17.3 Å². The molecule has 0 aliphatic heterocycles. The number of anilines is 1. The zero-order chi connectivity index (χ0) is 15.2. The maximum atomic E-state index is 13.1. The third kappa shape index (κ3) is 4.85. The number of quaternary nitrogens is 1. The van der Waals surface area contributed by atoms with Crippen molar-refractivity contribution in [2.45, 2.75) is 6.54 Å². The van der Waals surface area contributed by atoms with E-state index in [0.717, 1.165) is 10.5 Å². The molecule has 2 N–H and O–H groups in total. The molecular weight excluding hydrogens is 291 g/mol. The highest BCUT2D eigenvalue weighted by atomic mass is 35.5. The first-order valence-corrected chi connectivity index (χ1v) is 7.02. The van der Waals surface area contributed by atoms with Crippen LogP contribution in [0, 0.1) is 5.82 Å². The molecule has 0 aromatic heterocycles. The Hall–Kier alpha value is -1.91. The number of carbonyl (C=O) groups excluding carboxylic acids is 1. The second-order valence-corrected chi connectivity index (χ2v) is 5.38. The monoisotopic (exact) mass is 307 g/mol. The molecule has 0 saturated carbocycles. The smallest absolute Gasteiger partial charge is 0.279 e. The largest absolute Gasteiger partial charge is 0.326 e. The van der Waals surface area contributed by atoms with Crippen molar-refractivity contribution in [2.24, 2.45) is 0 Å². The summed E-state index contributed by atoms with van der Waals surface area (Å²) >= 11 is 5.99. The minimum Gasteiger partial charge on any atom is -0.326 e. The van der Waals surface area contributed by atoms with Crippen LogP contribution in [0.25, 0.3) is 0 Å². The van der Waals surface area contributed by atoms with Crippen LogP contribution in [-0.4, -0.2) is 19.5 Å². The highest BCUT2D eigenvalue weighted by molar-refractivity contribution is 6.33. The molecule has 2 aromatic rings. The maximum absolute atomic E-state index is 13.1. The minimum absolute atomic E-state index is 0.128. The Morgan fingerprint density at radius 3 is 2.71 bits per heavy atom. The average molecular weight is 308 g/mol. The molecule has 2 rings (SSSR count). The fourth-order valence-electron chi connectivity index (χ4n) is 2.09. The Morgan fingerprint density at radius 1 is 1.24 bits per heavy atom. The zero-order valence-electron chi connectivity index (χ0n) is 11.7. The van der Waals surface area contributed by atoms with Crippen molar-refractivity contribution in [2.75, 3.05) is 18.9 Å². The lowest BCUT2D eigenvalue weighted by atomic mass is 10.2. The number of hydrogen-bond acceptors (Lipinski definition) is 1. The van der Waals surface area contributed by atoms with Crippen molar-refractivity contribution >= 4 is 23.2 Å². The molecule has 5 heteroatoms. The number of para-hydroxylation sites is 1. The van der Waals surface area contributed by atoms with Gasteiger partial charge in [0.25, 0.3) is 5.91 Å². The van der Waals surface area contributed by atoms with Crippen molar-refractivity contribution in [1.82, 2.24) is 0 Å². The van der Waals surface area contributed by atoms with Crippen molar-refractivity contribution in [1.29, 1.82) is 0 Å². The SMILES string of the molecule is C[NH+](CC(=O)Nc1ccccc1Cl)Cc1cccc(F)c1. The van der Waals surface area contributed by atoms with Gasteiger partial charge in [0.05, 0.1) is 17.8 Å². The summed E-state index contributed by atoms with van der Waals surface area (Å²) in [6, 6.07) is 13.5. The van der Waals surface area contributed by atoms with E-state index in [2.05, 4.69) is 5.32 Å². The lowest BCUT2D eigenvalue weighted by Gasteiger charge is -2.14. The van der Waals surface area contributed by atoms with Crippen LogP contribution in [0.2, 0.25) is 5.02 Å². The third-order valence-electron chi connectivity index (χ3n) is 3.01. The number of carbonyl (C=O) groups is 1. The minimum atomic E-state index is -0.263. The number of rotatable bonds is 5. The maximum Gasteiger partial charge on any atom is 0.279 e. The fourth-order valence-corrected chi connectivity index (χ4v) is 2.27. The molecular formula is C16H17ClFN2O+. The van der Waals surface area contributed by atoms with E-state index < -0.39 is 0 Å². The van der Waals surface area contributed by atoms with Crippen LogP contribution >= 0.6 is 11.6 Å². The van der Waals surface area contributed by atoms with Crippen LogP contribution in [0.4, 0.5) is 10.1 Å². The van der Waals surface area contributed by atoms with Gasteiger partial charge in [0.2, 0.25) is 0 Å². The molecule has 0 aliphatic rings. The Balaban J connectivity index is 1.89. The first-order chi connectivity index (χ1) is 10.0. The number of benzene rings is 2. The molecule has 0 heterocycles. The molecule has 0 spiro atoms. The molecule has 0 bridgehead atoms. The quantitative estimate of drug-likeness (QED) is 0.872. The van der Waals surface area contributed by atoms with Gasteiger partial charge in [-0.1, -0.05) is 35.9 Å². The van der Waals surface area contributed by atoms with Gasteiger partial charge in [0, 0.05) is 5.56 Å². The van der Waals surface area contributed by atoms with Gasteiger partial charge in [-0.15, -0.1) is 0 Å². The number of likely N-dealkylation sites (N-methyl/N-ethyl adjacent to an activating group) is 1. The first kappa shape index (κ1) is 15.5. The third-order valence-corrected chi connectivity index (χ3v) is 3.33. The van der Waals surface area contributed by atoms with Gasteiger partial charge in [-0.05, 0) is 24.3 Å². The molecule has 2 aromatic carbocycles. The summed E-state index contributed by atoms with van der Waals surface area (Å²) in [5, 5.41) is 3.28. The summed E-state index contributed by atoms with van der Waals surface area (Å²) in [4.78, 5) is 12.9. The van der Waals surface area contributed by atoms with E-state index in [1.807, 2.05) is 19.2 Å². The van der Waals surface area contributed by atoms with E-state index in [9.17, 15) is 9.18 Å². The zero-order valence-corrected chi connectivity index (χ0v) is 12.5. The van der Waals surface area contributed by atoms with Gasteiger partial charge in [0.15, 0.2) is 6.54 Å². The van der Waals surface area contributed by atoms with Crippen LogP contribution < -0.4 is 10.2 Å². The predicted octanol–water partition coefficient (Wildman–Crippen LogP) is 2.13. The summed E-state index contributed by atoms with van der Waals surface area (Å²) in [5.41, 5.74) is 1.46. The second kappa shape index (κ2) is 7.20. The highest BCUT2D eigenvalue weighted by Crippen LogP contribution is 2.19. The number of halogens is 2. The Kier molecular flexibility index (Phi) is 5.31. The number of nitrogens with one attached hydrogen (secondary N) is 2. The predicted molar refractivity (Wildman–Crippen MR) is 81.9 cm³/mol. The van der Waals surface area contributed by atoms with E-state index in [4.69, 9.17) is 11.6 Å². The van der Waals surface area contributed by atoms with Gasteiger partial charge in [-0.2, -0.15) is 0 Å². The molecule has 3 nitrogen and oxygen atoms in total. The highest BCUT2D eigenvalue weighted by Gasteiger charge is 2.12. The summed E-state index contributed by atoms with van der Waals surface area (Å²) in [6.45, 7) is 0.857. The summed E-state index contributed by atoms with van der Waals surface area (Å²) in [7, 11) is 1.89. The lowest BCUT2D eigenvalue weighted by Crippen LogP contribution is -3.08. The molecule has 110 valence electrons. The summed E-state index contributed by atoms with van der Waals surface area (Å²) < 4.78 is 13.1. The van der Waals surface area contributed by atoms with Crippen molar-refractivity contribution in [3.05, 3.63) is 64.9 Å². The van der Waals surface area contributed by atoms with Gasteiger partial charge in [-0.3, -0.25) is 4.79 Å². The van der Waals surface area contributed by atoms with Gasteiger partial charge >= 0.3 is 0 Å². The fraction of sp³-hybridized carbons (Fsp3) is 0.188. The topological polar surface area (TPSA) is 33.5 Å². The van der Waals surface area contributed by atoms with Crippen LogP contribution in [0.3, 0.4) is 0 Å². The van der Waals surface area contributed by atoms with Crippen molar-refractivity contribution in [3.63, 3.8) is 0 Å². The van der Waals surface area contributed by atoms with Crippen LogP contribution in [0.15, 0.2) is 48.5 Å². The van der Waals surface area contributed by atoms with E-state index in [1.54, 1.807) is 24.3 Å². The van der Waals surface area contributed by atoms with Crippen LogP contribution in [-0.2, 0) is 11.3 Å². The van der Waals surface area contributed by atoms with E-state index >= 15 is 0 Å². The van der Waals surface area contributed by atoms with E-state index in [-0.39, 0.29) is 18.3 Å². The standard InChI is InChI=1S/C16H16ClFN2O/c1-20(10-12-5-4-6-13(18)9-12)11-16(21)19-15-8-3-2-7-14(15)17/h2-9H,10-11H2,1H3,(H,19,21)/p+1. The van der Waals surface area contributed by atoms with E-state index in [1.165, 1.54) is 12.1 Å². The normalized spacial score (nSPS) is 12.0. The summed E-state index contributed by atoms with van der Waals surface area (Å²) in [6.07, 6.45) is 0. The first-order valence-electron chi connectivity index (χ1n) is 6.65. The average Bonchev–Trinajstić information content (AvgIpc) is 2.41. The molecule has 1 amide bonds. The lowest BCUT2D eigenvalue weighted by molar-refractivity contribution is -0.885. The van der Waals surface area contributed by atoms with Crippen LogP contribution in [0.1, 0.15) is 5.56 Å². The molecule has 1 atom stereocenters. The molecule has 0 saturated heterocycles. The number of hydrogen-bond donors (Lipinski definition) is 2. The molecule has 21 heavy (non-hydrogen) atoms. The molecule has 1 unspecified atom stereocenters. The summed E-state index contributed by atoms with van der Waals surface area (Å²) in [5.74, 6) is -0.391. The van der Waals surface area contributed by atoms with Crippen molar-refractivity contribution in [3.8, 4) is 0 Å². The van der Waals surface area contributed by atoms with Gasteiger partial charge in [0.1, 0.15) is 12.4 Å². The van der Waals surface area contributed by atoms with Crippen molar-refractivity contribution < 1.29 is 14.1 Å². The van der Waals surface area contributed by atoms with Gasteiger partial charge < -0.3 is 10.2 Å². The Bertz CT molecular complexity index is 633. The molecule has 0 fully saturated rings. The molecule has 0 aliphatic carbocycles. The Labute approximate surface area is 128 Å². The Morgan fingerprint density at radius 2 is 2.00 bits per heavy atom. The second-order valence-electron chi connectivity index (χ2n) is 4.97. The molecule has 0 radical (unpaired) electrons. The van der Waals surface area contributed by atoms with Crippen LogP contribution in [0.5, 0.6) is 0 Å². The number of amides is 1.